The summed E-state index contributed by atoms with van der Waals surface area (Å²) in [5.41, 5.74) is 1.62. The molecule has 1 amide bonds. The molecule has 0 aromatic carbocycles. The van der Waals surface area contributed by atoms with Gasteiger partial charge >= 0.3 is 0 Å². The van der Waals surface area contributed by atoms with Crippen molar-refractivity contribution in [3.8, 4) is 0 Å². The highest BCUT2D eigenvalue weighted by Gasteiger charge is 2.25. The predicted molar refractivity (Wildman–Crippen MR) is 70.6 cm³/mol. The van der Waals surface area contributed by atoms with Crippen molar-refractivity contribution in [3.05, 3.63) is 17.5 Å². The minimum atomic E-state index is 0.109. The van der Waals surface area contributed by atoms with E-state index in [4.69, 9.17) is 0 Å². The summed E-state index contributed by atoms with van der Waals surface area (Å²) in [5.74, 6) is 0.109. The van der Waals surface area contributed by atoms with Gasteiger partial charge < -0.3 is 10.2 Å². The zero-order valence-corrected chi connectivity index (χ0v) is 11.4. The minimum Gasteiger partial charge on any atom is -0.336 e. The zero-order valence-electron chi connectivity index (χ0n) is 11.4. The quantitative estimate of drug-likeness (QED) is 0.872. The normalized spacial score (nSPS) is 20.2. The van der Waals surface area contributed by atoms with E-state index in [1.54, 1.807) is 4.68 Å². The van der Waals surface area contributed by atoms with Crippen LogP contribution in [-0.2, 0) is 6.54 Å². The van der Waals surface area contributed by atoms with Crippen LogP contribution in [0, 0.1) is 6.92 Å². The summed E-state index contributed by atoms with van der Waals surface area (Å²) < 4.78 is 1.79. The Hall–Kier alpha value is -1.36. The summed E-state index contributed by atoms with van der Waals surface area (Å²) in [6.45, 7) is 6.32. The van der Waals surface area contributed by atoms with E-state index in [-0.39, 0.29) is 5.91 Å². The highest BCUT2D eigenvalue weighted by atomic mass is 16.2. The average Bonchev–Trinajstić information content (AvgIpc) is 2.79. The lowest BCUT2D eigenvalue weighted by Crippen LogP contribution is -2.47. The van der Waals surface area contributed by atoms with Gasteiger partial charge in [-0.25, -0.2) is 0 Å². The first-order chi connectivity index (χ1) is 8.65. The van der Waals surface area contributed by atoms with Crippen LogP contribution in [0.3, 0.4) is 0 Å². The predicted octanol–water partition coefficient (Wildman–Crippen LogP) is 1.04. The molecule has 18 heavy (non-hydrogen) atoms. The molecule has 1 aromatic rings. The molecule has 2 heterocycles. The number of aromatic nitrogens is 2. The summed E-state index contributed by atoms with van der Waals surface area (Å²) in [7, 11) is 1.96. The number of amides is 1. The van der Waals surface area contributed by atoms with Crippen molar-refractivity contribution < 1.29 is 4.79 Å². The number of hydrogen-bond donors (Lipinski definition) is 1. The van der Waals surface area contributed by atoms with Crippen LogP contribution in [0.5, 0.6) is 0 Å². The molecule has 1 aliphatic heterocycles. The molecule has 1 aliphatic rings. The third kappa shape index (κ3) is 2.56. The Kier molecular flexibility index (Phi) is 4.01. The molecule has 0 radical (unpaired) electrons. The number of carbonyl (C=O) groups excluding carboxylic acids is 1. The first kappa shape index (κ1) is 13.1. The van der Waals surface area contributed by atoms with Gasteiger partial charge in [-0.2, -0.15) is 5.10 Å². The van der Waals surface area contributed by atoms with Crippen molar-refractivity contribution >= 4 is 5.91 Å². The van der Waals surface area contributed by atoms with Crippen molar-refractivity contribution in [3.63, 3.8) is 0 Å². The highest BCUT2D eigenvalue weighted by molar-refractivity contribution is 5.92. The first-order valence-corrected chi connectivity index (χ1v) is 6.66. The Morgan fingerprint density at radius 3 is 3.06 bits per heavy atom. The number of likely N-dealkylation sites (tertiary alicyclic amines) is 1. The van der Waals surface area contributed by atoms with Gasteiger partial charge in [0.25, 0.3) is 5.91 Å². The Bertz CT molecular complexity index is 427. The number of carbonyl (C=O) groups is 1. The van der Waals surface area contributed by atoms with E-state index in [0.29, 0.717) is 11.7 Å². The average molecular weight is 250 g/mol. The second-order valence-electron chi connectivity index (χ2n) is 4.87. The van der Waals surface area contributed by atoms with Crippen molar-refractivity contribution in [2.24, 2.45) is 0 Å². The topological polar surface area (TPSA) is 50.2 Å². The molecule has 5 nitrogen and oxygen atoms in total. The number of rotatable bonds is 3. The molecule has 2 rings (SSSR count). The summed E-state index contributed by atoms with van der Waals surface area (Å²) >= 11 is 0. The molecule has 1 aromatic heterocycles. The van der Waals surface area contributed by atoms with E-state index in [2.05, 4.69) is 10.4 Å². The Morgan fingerprint density at radius 2 is 2.39 bits per heavy atom. The van der Waals surface area contributed by atoms with Gasteiger partial charge in [0, 0.05) is 25.7 Å². The highest BCUT2D eigenvalue weighted by Crippen LogP contribution is 2.14. The fourth-order valence-corrected chi connectivity index (χ4v) is 2.52. The Morgan fingerprint density at radius 1 is 1.61 bits per heavy atom. The van der Waals surface area contributed by atoms with Crippen molar-refractivity contribution in [2.45, 2.75) is 39.3 Å². The van der Waals surface area contributed by atoms with E-state index >= 15 is 0 Å². The van der Waals surface area contributed by atoms with Crippen molar-refractivity contribution in [1.82, 2.24) is 20.0 Å². The number of piperidine rings is 1. The van der Waals surface area contributed by atoms with Crippen LogP contribution in [0.15, 0.2) is 6.07 Å². The van der Waals surface area contributed by atoms with Gasteiger partial charge in [0.05, 0.1) is 5.69 Å². The fraction of sp³-hybridized carbons (Fsp3) is 0.692. The monoisotopic (exact) mass is 250 g/mol. The van der Waals surface area contributed by atoms with E-state index in [9.17, 15) is 4.79 Å². The molecule has 1 unspecified atom stereocenters. The van der Waals surface area contributed by atoms with Crippen LogP contribution in [0.2, 0.25) is 0 Å². The summed E-state index contributed by atoms with van der Waals surface area (Å²) in [6.07, 6.45) is 2.21. The number of aryl methyl sites for hydroxylation is 2. The lowest BCUT2D eigenvalue weighted by atomic mass is 10.1. The molecule has 0 saturated carbocycles. The molecular formula is C13H22N4O. The van der Waals surface area contributed by atoms with Crippen LogP contribution in [0.25, 0.3) is 0 Å². The van der Waals surface area contributed by atoms with Gasteiger partial charge in [-0.15, -0.1) is 0 Å². The number of nitrogens with zero attached hydrogens (tertiary/aromatic N) is 3. The molecule has 100 valence electrons. The lowest BCUT2D eigenvalue weighted by molar-refractivity contribution is 0.0685. The first-order valence-electron chi connectivity index (χ1n) is 6.66. The molecule has 1 atom stereocenters. The Labute approximate surface area is 108 Å². The molecule has 0 spiro atoms. The smallest absolute Gasteiger partial charge is 0.272 e. The van der Waals surface area contributed by atoms with Crippen LogP contribution in [-0.4, -0.2) is 46.8 Å². The van der Waals surface area contributed by atoms with Crippen LogP contribution < -0.4 is 5.32 Å². The van der Waals surface area contributed by atoms with Gasteiger partial charge in [-0.3, -0.25) is 9.48 Å². The summed E-state index contributed by atoms with van der Waals surface area (Å²) in [6, 6.07) is 2.30. The maximum Gasteiger partial charge on any atom is 0.272 e. The number of hydrogen-bond acceptors (Lipinski definition) is 3. The van der Waals surface area contributed by atoms with Crippen LogP contribution in [0.4, 0.5) is 0 Å². The van der Waals surface area contributed by atoms with E-state index in [0.717, 1.165) is 38.2 Å². The largest absolute Gasteiger partial charge is 0.336 e. The zero-order chi connectivity index (χ0) is 13.1. The molecule has 1 fully saturated rings. The van der Waals surface area contributed by atoms with Crippen molar-refractivity contribution in [1.29, 1.82) is 0 Å². The molecule has 0 bridgehead atoms. The summed E-state index contributed by atoms with van der Waals surface area (Å²) in [4.78, 5) is 14.4. The van der Waals surface area contributed by atoms with Crippen molar-refractivity contribution in [2.75, 3.05) is 20.1 Å². The standard InChI is InChI=1S/C13H22N4O/c1-4-17-12(8-10(2)15-17)13(18)16-7-5-6-11(9-16)14-3/h8,11,14H,4-7,9H2,1-3H3. The molecule has 5 heteroatoms. The molecule has 1 saturated heterocycles. The van der Waals surface area contributed by atoms with E-state index in [1.807, 2.05) is 31.9 Å². The van der Waals surface area contributed by atoms with Crippen LogP contribution in [0.1, 0.15) is 35.9 Å². The second kappa shape index (κ2) is 5.52. The fourth-order valence-electron chi connectivity index (χ4n) is 2.52. The van der Waals surface area contributed by atoms with Gasteiger partial charge in [0.1, 0.15) is 5.69 Å². The maximum atomic E-state index is 12.5. The second-order valence-corrected chi connectivity index (χ2v) is 4.87. The number of nitrogens with one attached hydrogen (secondary N) is 1. The van der Waals surface area contributed by atoms with Gasteiger partial charge in [-0.05, 0) is 39.8 Å². The Balaban J connectivity index is 2.14. The SMILES string of the molecule is CCn1nc(C)cc1C(=O)N1CCCC(NC)C1. The minimum absolute atomic E-state index is 0.109. The van der Waals surface area contributed by atoms with E-state index < -0.39 is 0 Å². The van der Waals surface area contributed by atoms with Gasteiger partial charge in [-0.1, -0.05) is 0 Å². The maximum absolute atomic E-state index is 12.5. The van der Waals surface area contributed by atoms with Gasteiger partial charge in [0.2, 0.25) is 0 Å². The van der Waals surface area contributed by atoms with Crippen LogP contribution >= 0.6 is 0 Å². The molecule has 1 N–H and O–H groups in total. The lowest BCUT2D eigenvalue weighted by Gasteiger charge is -2.32. The third-order valence-corrected chi connectivity index (χ3v) is 3.54. The third-order valence-electron chi connectivity index (χ3n) is 3.54. The van der Waals surface area contributed by atoms with Gasteiger partial charge in [0.15, 0.2) is 0 Å². The number of likely N-dealkylation sites (N-methyl/N-ethyl adjacent to an activating group) is 1. The summed E-state index contributed by atoms with van der Waals surface area (Å²) in [5, 5.41) is 7.60. The van der Waals surface area contributed by atoms with E-state index in [1.165, 1.54) is 0 Å². The molecular weight excluding hydrogens is 228 g/mol. The molecule has 0 aliphatic carbocycles.